The molecule has 0 fully saturated rings. The second-order valence-corrected chi connectivity index (χ2v) is 1.88. The quantitative estimate of drug-likeness (QED) is 0.667. The lowest BCUT2D eigenvalue weighted by Gasteiger charge is -1.98. The van der Waals surface area contributed by atoms with Crippen LogP contribution in [0.4, 0.5) is 13.2 Å². The van der Waals surface area contributed by atoms with E-state index in [-0.39, 0.29) is 0 Å². The molecular formula is C6H4F3NO. The zero-order valence-corrected chi connectivity index (χ0v) is 5.27. The van der Waals surface area contributed by atoms with Crippen molar-refractivity contribution in [2.24, 2.45) is 0 Å². The highest BCUT2D eigenvalue weighted by Crippen LogP contribution is 2.16. The average molecular weight is 163 g/mol. The Balaban J connectivity index is 3.23. The first-order valence-electron chi connectivity index (χ1n) is 2.78. The van der Waals surface area contributed by atoms with E-state index in [0.717, 1.165) is 6.07 Å². The molecule has 1 aromatic heterocycles. The van der Waals surface area contributed by atoms with E-state index in [0.29, 0.717) is 6.07 Å². The lowest BCUT2D eigenvalue weighted by atomic mass is 10.3. The lowest BCUT2D eigenvalue weighted by Crippen LogP contribution is -2.09. The van der Waals surface area contributed by atoms with Crippen LogP contribution in [0.3, 0.4) is 0 Å². The normalized spacial score (nSPS) is 10.5. The number of halogens is 3. The topological polar surface area (TPSA) is 32.9 Å². The van der Waals surface area contributed by atoms with Crippen LogP contribution in [0.25, 0.3) is 0 Å². The number of aromatic amines is 1. The summed E-state index contributed by atoms with van der Waals surface area (Å²) in [5.74, 6) is -1.10. The first kappa shape index (κ1) is 7.84. The highest BCUT2D eigenvalue weighted by atomic mass is 19.3. The Kier molecular flexibility index (Phi) is 1.98. The van der Waals surface area contributed by atoms with Crippen LogP contribution in [0.5, 0.6) is 0 Å². The molecule has 0 aliphatic heterocycles. The second kappa shape index (κ2) is 2.77. The molecule has 1 N–H and O–H groups in total. The Morgan fingerprint density at radius 3 is 2.45 bits per heavy atom. The van der Waals surface area contributed by atoms with Gasteiger partial charge in [-0.15, -0.1) is 0 Å². The maximum Gasteiger partial charge on any atom is 0.281 e. The summed E-state index contributed by atoms with van der Waals surface area (Å²) in [6, 6.07) is 1.56. The fourth-order valence-electron chi connectivity index (χ4n) is 0.632. The smallest absolute Gasteiger partial charge is 0.281 e. The summed E-state index contributed by atoms with van der Waals surface area (Å²) in [4.78, 5) is 12.1. The van der Waals surface area contributed by atoms with Gasteiger partial charge < -0.3 is 4.98 Å². The number of nitrogens with one attached hydrogen (secondary N) is 1. The minimum Gasteiger partial charge on any atom is -0.319 e. The Hall–Kier alpha value is -1.26. The van der Waals surface area contributed by atoms with Crippen molar-refractivity contribution < 1.29 is 13.2 Å². The molecule has 5 heteroatoms. The van der Waals surface area contributed by atoms with Crippen molar-refractivity contribution in [3.63, 3.8) is 0 Å². The van der Waals surface area contributed by atoms with Gasteiger partial charge in [0.1, 0.15) is 11.5 Å². The minimum atomic E-state index is -2.98. The largest absolute Gasteiger partial charge is 0.319 e. The highest BCUT2D eigenvalue weighted by molar-refractivity contribution is 5.07. The average Bonchev–Trinajstić information content (AvgIpc) is 1.94. The van der Waals surface area contributed by atoms with Gasteiger partial charge in [0.2, 0.25) is 5.56 Å². The number of pyridine rings is 1. The second-order valence-electron chi connectivity index (χ2n) is 1.88. The van der Waals surface area contributed by atoms with Crippen molar-refractivity contribution in [1.82, 2.24) is 4.98 Å². The van der Waals surface area contributed by atoms with E-state index in [4.69, 9.17) is 0 Å². The van der Waals surface area contributed by atoms with Gasteiger partial charge in [-0.25, -0.2) is 13.2 Å². The van der Waals surface area contributed by atoms with Gasteiger partial charge in [-0.3, -0.25) is 4.79 Å². The third-order valence-electron chi connectivity index (χ3n) is 1.11. The highest BCUT2D eigenvalue weighted by Gasteiger charge is 2.13. The molecule has 0 unspecified atom stereocenters. The molecule has 0 radical (unpaired) electrons. The summed E-state index contributed by atoms with van der Waals surface area (Å²) in [5.41, 5.74) is -1.70. The van der Waals surface area contributed by atoms with Crippen LogP contribution < -0.4 is 5.56 Å². The fourth-order valence-corrected chi connectivity index (χ4v) is 0.632. The molecule has 60 valence electrons. The molecule has 1 heterocycles. The molecule has 0 saturated heterocycles. The third kappa shape index (κ3) is 1.60. The molecule has 1 rings (SSSR count). The molecule has 2 nitrogen and oxygen atoms in total. The minimum absolute atomic E-state index is 0.709. The van der Waals surface area contributed by atoms with Crippen molar-refractivity contribution in [3.05, 3.63) is 34.0 Å². The summed E-state index contributed by atoms with van der Waals surface area (Å²) in [6.07, 6.45) is -2.98. The Labute approximate surface area is 59.7 Å². The maximum absolute atomic E-state index is 12.4. The van der Waals surface area contributed by atoms with E-state index >= 15 is 0 Å². The van der Waals surface area contributed by atoms with Crippen molar-refractivity contribution in [2.45, 2.75) is 6.43 Å². The molecule has 0 saturated carbocycles. The van der Waals surface area contributed by atoms with Gasteiger partial charge in [-0.05, 0) is 6.07 Å². The van der Waals surface area contributed by atoms with Crippen molar-refractivity contribution >= 4 is 0 Å². The van der Waals surface area contributed by atoms with Gasteiger partial charge in [-0.1, -0.05) is 0 Å². The van der Waals surface area contributed by atoms with Crippen LogP contribution in [0.2, 0.25) is 0 Å². The number of alkyl halides is 2. The number of aromatic nitrogens is 1. The third-order valence-corrected chi connectivity index (χ3v) is 1.11. The summed E-state index contributed by atoms with van der Waals surface area (Å²) in [7, 11) is 0. The van der Waals surface area contributed by atoms with Gasteiger partial charge in [0.15, 0.2) is 0 Å². The molecule has 0 aliphatic rings. The number of hydrogen-bond donors (Lipinski definition) is 1. The van der Waals surface area contributed by atoms with E-state index < -0.39 is 23.5 Å². The summed E-state index contributed by atoms with van der Waals surface area (Å²) < 4.78 is 36.0. The molecule has 0 amide bonds. The summed E-state index contributed by atoms with van der Waals surface area (Å²) in [6.45, 7) is 0. The molecule has 0 atom stereocenters. The maximum atomic E-state index is 12.4. The first-order valence-corrected chi connectivity index (χ1v) is 2.78. The van der Waals surface area contributed by atoms with Crippen LogP contribution in [0, 0.1) is 5.82 Å². The molecule has 0 aromatic carbocycles. The molecule has 0 aliphatic carbocycles. The van der Waals surface area contributed by atoms with Crippen LogP contribution >= 0.6 is 0 Å². The van der Waals surface area contributed by atoms with Gasteiger partial charge in [0.05, 0.1) is 0 Å². The number of H-pyrrole nitrogens is 1. The fraction of sp³-hybridized carbons (Fsp3) is 0.167. The van der Waals surface area contributed by atoms with Gasteiger partial charge in [0.25, 0.3) is 6.43 Å². The van der Waals surface area contributed by atoms with Gasteiger partial charge in [0, 0.05) is 6.07 Å². The SMILES string of the molecule is O=c1ccc(F)c(C(F)F)[nH]1. The molecule has 0 spiro atoms. The lowest BCUT2D eigenvalue weighted by molar-refractivity contribution is 0.140. The Morgan fingerprint density at radius 1 is 1.36 bits per heavy atom. The zero-order chi connectivity index (χ0) is 8.43. The van der Waals surface area contributed by atoms with Gasteiger partial charge in [-0.2, -0.15) is 0 Å². The van der Waals surface area contributed by atoms with Crippen LogP contribution in [0.15, 0.2) is 16.9 Å². The number of hydrogen-bond acceptors (Lipinski definition) is 1. The predicted molar refractivity (Wildman–Crippen MR) is 32.0 cm³/mol. The molecule has 0 bridgehead atoms. The van der Waals surface area contributed by atoms with Crippen molar-refractivity contribution in [1.29, 1.82) is 0 Å². The molecule has 11 heavy (non-hydrogen) atoms. The summed E-state index contributed by atoms with van der Waals surface area (Å²) >= 11 is 0. The standard InChI is InChI=1S/C6H4F3NO/c7-3-1-2-4(11)10-5(3)6(8)9/h1-2,6H,(H,10,11). The van der Waals surface area contributed by atoms with E-state index in [9.17, 15) is 18.0 Å². The van der Waals surface area contributed by atoms with Gasteiger partial charge >= 0.3 is 0 Å². The number of rotatable bonds is 1. The predicted octanol–water partition coefficient (Wildman–Crippen LogP) is 1.45. The van der Waals surface area contributed by atoms with E-state index in [1.807, 2.05) is 0 Å². The van der Waals surface area contributed by atoms with Crippen molar-refractivity contribution in [3.8, 4) is 0 Å². The molecule has 1 aromatic rings. The monoisotopic (exact) mass is 163 g/mol. The Morgan fingerprint density at radius 2 is 2.00 bits per heavy atom. The van der Waals surface area contributed by atoms with Crippen LogP contribution in [-0.4, -0.2) is 4.98 Å². The van der Waals surface area contributed by atoms with E-state index in [2.05, 4.69) is 0 Å². The van der Waals surface area contributed by atoms with Crippen LogP contribution in [0.1, 0.15) is 12.1 Å². The Bertz CT molecular complexity index is 307. The summed E-state index contributed by atoms with van der Waals surface area (Å²) in [5, 5.41) is 0. The van der Waals surface area contributed by atoms with E-state index in [1.54, 1.807) is 4.98 Å². The first-order chi connectivity index (χ1) is 5.11. The van der Waals surface area contributed by atoms with Crippen molar-refractivity contribution in [2.75, 3.05) is 0 Å². The zero-order valence-electron chi connectivity index (χ0n) is 5.27. The molecular weight excluding hydrogens is 159 g/mol. The van der Waals surface area contributed by atoms with Crippen LogP contribution in [-0.2, 0) is 0 Å². The van der Waals surface area contributed by atoms with E-state index in [1.165, 1.54) is 0 Å².